The molecule has 0 atom stereocenters. The van der Waals surface area contributed by atoms with Crippen LogP contribution in [-0.4, -0.2) is 9.56 Å². The summed E-state index contributed by atoms with van der Waals surface area (Å²) in [5.74, 6) is -0.879. The van der Waals surface area contributed by atoms with Crippen molar-refractivity contribution in [1.29, 1.82) is 0 Å². The lowest BCUT2D eigenvalue weighted by Gasteiger charge is -2.08. The number of halogens is 2. The fourth-order valence-corrected chi connectivity index (χ4v) is 2.45. The molecule has 0 bridgehead atoms. The molecule has 0 unspecified atom stereocenters. The van der Waals surface area contributed by atoms with E-state index in [1.54, 1.807) is 0 Å². The smallest absolute Gasteiger partial charge is 0.128 e. The Bertz CT molecular complexity index is 839. The van der Waals surface area contributed by atoms with Crippen LogP contribution in [0.1, 0.15) is 11.1 Å². The number of rotatable bonds is 3. The van der Waals surface area contributed by atoms with E-state index in [-0.39, 0.29) is 6.54 Å². The molecule has 2 N–H and O–H groups in total. The molecule has 0 fully saturated rings. The number of hydrogen-bond acceptors (Lipinski definition) is 1. The minimum atomic E-state index is -0.452. The van der Waals surface area contributed by atoms with E-state index >= 15 is 0 Å². The first-order valence-electron chi connectivity index (χ1n) is 6.37. The maximum absolute atomic E-state index is 13.7. The normalized spacial score (nSPS) is 11.0. The zero-order valence-electron chi connectivity index (χ0n) is 11.0. The number of hydrogen-bond donors (Lipinski definition) is 1. The third-order valence-corrected chi connectivity index (χ3v) is 3.64. The molecule has 1 aromatic heterocycles. The zero-order chi connectivity index (χ0) is 15.0. The summed E-state index contributed by atoms with van der Waals surface area (Å²) in [6.45, 7) is 0.244. The quantitative estimate of drug-likeness (QED) is 0.749. The summed E-state index contributed by atoms with van der Waals surface area (Å²) in [7, 11) is 0. The Morgan fingerprint density at radius 1 is 1.10 bits per heavy atom. The predicted octanol–water partition coefficient (Wildman–Crippen LogP) is 3.60. The van der Waals surface area contributed by atoms with Gasteiger partial charge in [0.15, 0.2) is 0 Å². The molecule has 0 spiro atoms. The topological polar surface area (TPSA) is 30.9 Å². The summed E-state index contributed by atoms with van der Waals surface area (Å²) in [5, 5.41) is 0.992. The molecule has 0 aliphatic rings. The Hall–Kier alpha value is -2.27. The number of nitrogens with zero attached hydrogens (tertiary/aromatic N) is 1. The van der Waals surface area contributed by atoms with Crippen LogP contribution in [0.2, 0.25) is 0 Å². The fourth-order valence-electron chi connectivity index (χ4n) is 2.32. The van der Waals surface area contributed by atoms with Gasteiger partial charge in [0.25, 0.3) is 0 Å². The molecular weight excluding hydrogens is 290 g/mol. The number of aromatic nitrogens is 1. The van der Waals surface area contributed by atoms with Crippen molar-refractivity contribution >= 4 is 28.1 Å². The summed E-state index contributed by atoms with van der Waals surface area (Å²) >= 11 is 4.97. The highest BCUT2D eigenvalue weighted by molar-refractivity contribution is 7.80. The monoisotopic (exact) mass is 302 g/mol. The highest BCUT2D eigenvalue weighted by Crippen LogP contribution is 2.20. The van der Waals surface area contributed by atoms with Crippen molar-refractivity contribution < 1.29 is 8.78 Å². The van der Waals surface area contributed by atoms with Gasteiger partial charge in [0.1, 0.15) is 16.6 Å². The highest BCUT2D eigenvalue weighted by atomic mass is 32.1. The molecule has 3 aromatic rings. The first-order valence-corrected chi connectivity index (χ1v) is 6.78. The van der Waals surface area contributed by atoms with Crippen LogP contribution >= 0.6 is 12.2 Å². The van der Waals surface area contributed by atoms with Crippen LogP contribution in [0.15, 0.2) is 48.7 Å². The van der Waals surface area contributed by atoms with E-state index in [0.29, 0.717) is 10.6 Å². The third kappa shape index (κ3) is 2.64. The molecule has 0 radical (unpaired) electrons. The average Bonchev–Trinajstić information content (AvgIpc) is 2.85. The predicted molar refractivity (Wildman–Crippen MR) is 83.3 cm³/mol. The number of thiocarbonyl (C=S) groups is 1. The Morgan fingerprint density at radius 2 is 1.90 bits per heavy atom. The molecule has 0 aliphatic heterocycles. The van der Waals surface area contributed by atoms with Crippen molar-refractivity contribution in [2.45, 2.75) is 6.54 Å². The largest absolute Gasteiger partial charge is 0.389 e. The van der Waals surface area contributed by atoms with E-state index in [4.69, 9.17) is 18.0 Å². The summed E-state index contributed by atoms with van der Waals surface area (Å²) < 4.78 is 28.8. The van der Waals surface area contributed by atoms with E-state index in [1.807, 2.05) is 35.0 Å². The molecule has 1 heterocycles. The maximum Gasteiger partial charge on any atom is 0.128 e. The lowest BCUT2D eigenvalue weighted by molar-refractivity contribution is 0.579. The van der Waals surface area contributed by atoms with Crippen LogP contribution in [0.5, 0.6) is 0 Å². The molecule has 0 aliphatic carbocycles. The number of benzene rings is 2. The van der Waals surface area contributed by atoms with Gasteiger partial charge in [-0.05, 0) is 35.7 Å². The van der Waals surface area contributed by atoms with E-state index in [0.717, 1.165) is 28.6 Å². The summed E-state index contributed by atoms with van der Waals surface area (Å²) in [6.07, 6.45) is 1.83. The second kappa shape index (κ2) is 5.26. The maximum atomic E-state index is 13.7. The Kier molecular flexibility index (Phi) is 3.43. The minimum Gasteiger partial charge on any atom is -0.389 e. The van der Waals surface area contributed by atoms with Gasteiger partial charge in [-0.15, -0.1) is 0 Å². The molecule has 0 saturated carbocycles. The first kappa shape index (κ1) is 13.7. The van der Waals surface area contributed by atoms with Gasteiger partial charge in [-0.3, -0.25) is 0 Å². The van der Waals surface area contributed by atoms with Gasteiger partial charge >= 0.3 is 0 Å². The van der Waals surface area contributed by atoms with Gasteiger partial charge in [0.2, 0.25) is 0 Å². The molecule has 2 aromatic carbocycles. The van der Waals surface area contributed by atoms with Crippen LogP contribution in [0.4, 0.5) is 8.78 Å². The average molecular weight is 302 g/mol. The van der Waals surface area contributed by atoms with Crippen molar-refractivity contribution in [3.63, 3.8) is 0 Å². The van der Waals surface area contributed by atoms with Crippen LogP contribution in [0.25, 0.3) is 10.9 Å². The Balaban J connectivity index is 2.06. The number of nitrogens with two attached hydrogens (primary N) is 1. The SMILES string of the molecule is NC(=S)c1ccc2ccn(Cc3cc(F)ccc3F)c2c1. The van der Waals surface area contributed by atoms with Crippen LogP contribution in [0, 0.1) is 11.6 Å². The van der Waals surface area contributed by atoms with Crippen molar-refractivity contribution in [3.8, 4) is 0 Å². The summed E-state index contributed by atoms with van der Waals surface area (Å²) in [5.41, 5.74) is 7.56. The molecule has 3 rings (SSSR count). The molecular formula is C16H12F2N2S. The molecule has 106 valence electrons. The first-order chi connectivity index (χ1) is 10.0. The zero-order valence-corrected chi connectivity index (χ0v) is 11.8. The highest BCUT2D eigenvalue weighted by Gasteiger charge is 2.08. The molecule has 21 heavy (non-hydrogen) atoms. The standard InChI is InChI=1S/C16H12F2N2S/c17-13-3-4-14(18)12(7-13)9-20-6-5-10-1-2-11(16(19)21)8-15(10)20/h1-8H,9H2,(H2,19,21). The van der Waals surface area contributed by atoms with Gasteiger partial charge in [-0.2, -0.15) is 0 Å². The Labute approximate surface area is 125 Å². The molecule has 0 saturated heterocycles. The van der Waals surface area contributed by atoms with Crippen molar-refractivity contribution in [1.82, 2.24) is 4.57 Å². The van der Waals surface area contributed by atoms with Gasteiger partial charge in [0, 0.05) is 22.8 Å². The van der Waals surface area contributed by atoms with Gasteiger partial charge < -0.3 is 10.3 Å². The van der Waals surface area contributed by atoms with Crippen LogP contribution < -0.4 is 5.73 Å². The van der Waals surface area contributed by atoms with Crippen molar-refractivity contribution in [3.05, 3.63) is 71.4 Å². The van der Waals surface area contributed by atoms with E-state index in [1.165, 1.54) is 6.07 Å². The molecule has 2 nitrogen and oxygen atoms in total. The van der Waals surface area contributed by atoms with Gasteiger partial charge in [-0.1, -0.05) is 24.4 Å². The number of fused-ring (bicyclic) bond motifs is 1. The minimum absolute atomic E-state index is 0.244. The van der Waals surface area contributed by atoms with Crippen LogP contribution in [-0.2, 0) is 6.54 Å². The van der Waals surface area contributed by atoms with Gasteiger partial charge in [0.05, 0.1) is 6.54 Å². The van der Waals surface area contributed by atoms with Crippen molar-refractivity contribution in [2.75, 3.05) is 0 Å². The van der Waals surface area contributed by atoms with Gasteiger partial charge in [-0.25, -0.2) is 8.78 Å². The summed E-state index contributed by atoms with van der Waals surface area (Å²) in [6, 6.07) is 11.0. The van der Waals surface area contributed by atoms with E-state index < -0.39 is 11.6 Å². The lowest BCUT2D eigenvalue weighted by atomic mass is 10.1. The lowest BCUT2D eigenvalue weighted by Crippen LogP contribution is -2.09. The molecule has 0 amide bonds. The summed E-state index contributed by atoms with van der Waals surface area (Å²) in [4.78, 5) is 0.307. The van der Waals surface area contributed by atoms with E-state index in [2.05, 4.69) is 0 Å². The van der Waals surface area contributed by atoms with Crippen molar-refractivity contribution in [2.24, 2.45) is 5.73 Å². The second-order valence-electron chi connectivity index (χ2n) is 4.82. The Morgan fingerprint density at radius 3 is 2.67 bits per heavy atom. The second-order valence-corrected chi connectivity index (χ2v) is 5.26. The molecule has 5 heteroatoms. The third-order valence-electron chi connectivity index (χ3n) is 3.41. The van der Waals surface area contributed by atoms with Crippen LogP contribution in [0.3, 0.4) is 0 Å². The fraction of sp³-hybridized carbons (Fsp3) is 0.0625. The van der Waals surface area contributed by atoms with E-state index in [9.17, 15) is 8.78 Å².